The number of aliphatic hydroxyl groups excluding tert-OH is 3. The number of carbonyl (C=O) groups is 1. The fourth-order valence-corrected chi connectivity index (χ4v) is 0.377. The van der Waals surface area contributed by atoms with Crippen LogP contribution >= 0.6 is 7.82 Å². The van der Waals surface area contributed by atoms with E-state index in [1.54, 1.807) is 0 Å². The van der Waals surface area contributed by atoms with Crippen molar-refractivity contribution in [2.75, 3.05) is 6.61 Å². The molecule has 0 spiro atoms. The van der Waals surface area contributed by atoms with Crippen molar-refractivity contribution in [2.24, 2.45) is 0 Å². The van der Waals surface area contributed by atoms with E-state index in [1.165, 1.54) is 0 Å². The first-order valence-electron chi connectivity index (χ1n) is 3.41. The smallest absolute Gasteiger partial charge is 0.394 e. The average molecular weight is 232 g/mol. The number of phosphoric acid groups is 1. The van der Waals surface area contributed by atoms with Gasteiger partial charge in [-0.3, -0.25) is 0 Å². The molecule has 0 aliphatic rings. The van der Waals surface area contributed by atoms with E-state index in [4.69, 9.17) is 34.6 Å². The SMILES string of the molecule is O=CC[C@H](O)[C@H](O)CO.O=P(O)(O)O. The third-order valence-electron chi connectivity index (χ3n) is 0.969. The third-order valence-corrected chi connectivity index (χ3v) is 0.969. The van der Waals surface area contributed by atoms with Gasteiger partial charge in [0, 0.05) is 6.42 Å². The molecule has 0 rings (SSSR count). The van der Waals surface area contributed by atoms with Crippen LogP contribution < -0.4 is 0 Å². The summed E-state index contributed by atoms with van der Waals surface area (Å²) in [5, 5.41) is 25.5. The molecule has 0 aliphatic carbocycles. The molecule has 0 amide bonds. The van der Waals surface area contributed by atoms with Gasteiger partial charge in [0.05, 0.1) is 12.7 Å². The van der Waals surface area contributed by atoms with Gasteiger partial charge in [-0.25, -0.2) is 4.57 Å². The Hall–Kier alpha value is -0.340. The highest BCUT2D eigenvalue weighted by molar-refractivity contribution is 7.45. The van der Waals surface area contributed by atoms with Crippen molar-refractivity contribution in [3.05, 3.63) is 0 Å². The van der Waals surface area contributed by atoms with Gasteiger partial charge in [0.25, 0.3) is 0 Å². The highest BCUT2D eigenvalue weighted by atomic mass is 31.2. The van der Waals surface area contributed by atoms with Gasteiger partial charge < -0.3 is 34.8 Å². The minimum atomic E-state index is -4.64. The van der Waals surface area contributed by atoms with E-state index in [0.29, 0.717) is 6.29 Å². The van der Waals surface area contributed by atoms with Crippen LogP contribution in [-0.4, -0.2) is 55.1 Å². The van der Waals surface area contributed by atoms with Crippen LogP contribution in [0.5, 0.6) is 0 Å². The lowest BCUT2D eigenvalue weighted by Gasteiger charge is -2.11. The van der Waals surface area contributed by atoms with Gasteiger partial charge >= 0.3 is 7.82 Å². The summed E-state index contributed by atoms with van der Waals surface area (Å²) < 4.78 is 8.88. The Bertz CT molecular complexity index is 180. The first-order chi connectivity index (χ1) is 6.22. The van der Waals surface area contributed by atoms with E-state index in [0.717, 1.165) is 0 Å². The zero-order chi connectivity index (χ0) is 11.8. The van der Waals surface area contributed by atoms with Crippen molar-refractivity contribution in [1.82, 2.24) is 0 Å². The lowest BCUT2D eigenvalue weighted by Crippen LogP contribution is -2.29. The van der Waals surface area contributed by atoms with Crippen molar-refractivity contribution in [3.63, 3.8) is 0 Å². The molecule has 0 aromatic rings. The van der Waals surface area contributed by atoms with Crippen LogP contribution in [-0.2, 0) is 9.36 Å². The van der Waals surface area contributed by atoms with Gasteiger partial charge in [-0.1, -0.05) is 0 Å². The van der Waals surface area contributed by atoms with E-state index < -0.39 is 26.6 Å². The molecule has 0 bridgehead atoms. The number of rotatable bonds is 4. The van der Waals surface area contributed by atoms with Crippen molar-refractivity contribution in [3.8, 4) is 0 Å². The summed E-state index contributed by atoms with van der Waals surface area (Å²) in [6, 6.07) is 0. The average Bonchev–Trinajstić information content (AvgIpc) is 2.00. The van der Waals surface area contributed by atoms with Gasteiger partial charge in [0.15, 0.2) is 0 Å². The first-order valence-corrected chi connectivity index (χ1v) is 4.97. The monoisotopic (exact) mass is 232 g/mol. The van der Waals surface area contributed by atoms with Gasteiger partial charge in [-0.05, 0) is 0 Å². The van der Waals surface area contributed by atoms with Crippen LogP contribution in [0.4, 0.5) is 0 Å². The molecule has 0 fully saturated rings. The number of hydrogen-bond donors (Lipinski definition) is 6. The third kappa shape index (κ3) is 17.7. The Labute approximate surface area is 79.7 Å². The van der Waals surface area contributed by atoms with Crippen LogP contribution in [0, 0.1) is 0 Å². The maximum Gasteiger partial charge on any atom is 0.466 e. The molecule has 0 saturated heterocycles. The highest BCUT2D eigenvalue weighted by Gasteiger charge is 2.13. The Morgan fingerprint density at radius 1 is 1.14 bits per heavy atom. The van der Waals surface area contributed by atoms with E-state index >= 15 is 0 Å². The highest BCUT2D eigenvalue weighted by Crippen LogP contribution is 2.25. The molecule has 0 unspecified atom stereocenters. The molecule has 2 atom stereocenters. The maximum absolute atomic E-state index is 9.68. The Morgan fingerprint density at radius 3 is 1.71 bits per heavy atom. The van der Waals surface area contributed by atoms with Crippen LogP contribution in [0.15, 0.2) is 0 Å². The molecule has 8 nitrogen and oxygen atoms in total. The molecule has 9 heteroatoms. The lowest BCUT2D eigenvalue weighted by molar-refractivity contribution is -0.111. The number of aldehydes is 1. The van der Waals surface area contributed by atoms with Crippen molar-refractivity contribution >= 4 is 14.1 Å². The van der Waals surface area contributed by atoms with Crippen molar-refractivity contribution in [2.45, 2.75) is 18.6 Å². The van der Waals surface area contributed by atoms with Crippen LogP contribution in [0.1, 0.15) is 6.42 Å². The quantitative estimate of drug-likeness (QED) is 0.227. The predicted molar refractivity (Wildman–Crippen MR) is 44.0 cm³/mol. The molecule has 0 aromatic heterocycles. The molecule has 0 saturated carbocycles. The first kappa shape index (κ1) is 16.1. The minimum Gasteiger partial charge on any atom is -0.394 e. The summed E-state index contributed by atoms with van der Waals surface area (Å²) in [7, 11) is -4.64. The second-order valence-corrected chi connectivity index (χ2v) is 3.26. The largest absolute Gasteiger partial charge is 0.466 e. The Kier molecular flexibility index (Phi) is 9.21. The summed E-state index contributed by atoms with van der Waals surface area (Å²) in [5.41, 5.74) is 0. The summed E-state index contributed by atoms with van der Waals surface area (Å²) in [6.45, 7) is -0.519. The van der Waals surface area contributed by atoms with Gasteiger partial charge in [0.2, 0.25) is 0 Å². The summed E-state index contributed by atoms with van der Waals surface area (Å²) in [4.78, 5) is 31.2. The molecule has 0 radical (unpaired) electrons. The molecule has 0 aliphatic heterocycles. The molecule has 0 aromatic carbocycles. The number of aliphatic hydroxyl groups is 3. The topological polar surface area (TPSA) is 156 Å². The van der Waals surface area contributed by atoms with Crippen molar-refractivity contribution in [1.29, 1.82) is 0 Å². The molecule has 14 heavy (non-hydrogen) atoms. The van der Waals surface area contributed by atoms with E-state index in [-0.39, 0.29) is 6.42 Å². The lowest BCUT2D eigenvalue weighted by atomic mass is 10.2. The number of carbonyl (C=O) groups excluding carboxylic acids is 1. The zero-order valence-corrected chi connectivity index (χ0v) is 7.99. The zero-order valence-electron chi connectivity index (χ0n) is 7.09. The van der Waals surface area contributed by atoms with Crippen LogP contribution in [0.2, 0.25) is 0 Å². The molecular formula is C5H13O8P. The van der Waals surface area contributed by atoms with E-state index in [9.17, 15) is 4.79 Å². The fourth-order valence-electron chi connectivity index (χ4n) is 0.377. The summed E-state index contributed by atoms with van der Waals surface area (Å²) >= 11 is 0. The fraction of sp³-hybridized carbons (Fsp3) is 0.800. The van der Waals surface area contributed by atoms with Crippen LogP contribution in [0.3, 0.4) is 0 Å². The van der Waals surface area contributed by atoms with E-state index in [1.807, 2.05) is 0 Å². The molecule has 0 heterocycles. The standard InChI is InChI=1S/C5H10O4.H3O4P/c6-2-1-4(8)5(9)3-7;1-5(2,3)4/h2,4-5,7-9H,1,3H2;(H3,1,2,3,4)/t4-,5+;/m0./s1. The Balaban J connectivity index is 0. The van der Waals surface area contributed by atoms with Crippen molar-refractivity contribution < 1.29 is 39.4 Å². The van der Waals surface area contributed by atoms with E-state index in [2.05, 4.69) is 0 Å². The summed E-state index contributed by atoms with van der Waals surface area (Å²) in [5.74, 6) is 0. The molecular weight excluding hydrogens is 219 g/mol. The summed E-state index contributed by atoms with van der Waals surface area (Å²) in [6.07, 6.45) is -1.98. The maximum atomic E-state index is 9.68. The van der Waals surface area contributed by atoms with Crippen LogP contribution in [0.25, 0.3) is 0 Å². The predicted octanol–water partition coefficient (Wildman–Crippen LogP) is -2.64. The normalized spacial score (nSPS) is 15.0. The minimum absolute atomic E-state index is 0.137. The Morgan fingerprint density at radius 2 is 1.50 bits per heavy atom. The van der Waals surface area contributed by atoms with Gasteiger partial charge in [-0.2, -0.15) is 0 Å². The molecule has 86 valence electrons. The number of hydrogen-bond acceptors (Lipinski definition) is 5. The van der Waals surface area contributed by atoms with Gasteiger partial charge in [-0.15, -0.1) is 0 Å². The second-order valence-electron chi connectivity index (χ2n) is 2.23. The molecule has 6 N–H and O–H groups in total. The second kappa shape index (κ2) is 8.01. The van der Waals surface area contributed by atoms with Gasteiger partial charge in [0.1, 0.15) is 12.4 Å².